The van der Waals surface area contributed by atoms with E-state index in [0.29, 0.717) is 18.3 Å². The smallest absolute Gasteiger partial charge is 0.224 e. The Morgan fingerprint density at radius 1 is 1.21 bits per heavy atom. The minimum atomic E-state index is 0.0862. The van der Waals surface area contributed by atoms with E-state index < -0.39 is 0 Å². The molecule has 1 saturated heterocycles. The Hall–Kier alpha value is -1.71. The number of carbonyl (C=O) groups is 1. The number of carbonyl (C=O) groups excluding carboxylic acids is 1. The minimum absolute atomic E-state index is 0.0862. The Balaban J connectivity index is 1.93. The molecule has 4 heteroatoms. The minimum Gasteiger partial charge on any atom is -0.397 e. The Morgan fingerprint density at radius 2 is 1.89 bits per heavy atom. The molecule has 19 heavy (non-hydrogen) atoms. The lowest BCUT2D eigenvalue weighted by molar-refractivity contribution is -0.116. The molecule has 1 aromatic rings. The number of nitrogens with two attached hydrogens (primary N) is 1. The van der Waals surface area contributed by atoms with Crippen molar-refractivity contribution in [1.29, 1.82) is 0 Å². The maximum atomic E-state index is 11.4. The number of nitrogen functional groups attached to an aromatic ring is 1. The molecule has 0 spiro atoms. The third-order valence-electron chi connectivity index (χ3n) is 4.48. The van der Waals surface area contributed by atoms with Crippen molar-refractivity contribution in [3.63, 3.8) is 0 Å². The second-order valence-electron chi connectivity index (χ2n) is 5.98. The third kappa shape index (κ3) is 2.15. The fourth-order valence-electron chi connectivity index (χ4n) is 3.03. The van der Waals surface area contributed by atoms with E-state index in [1.54, 1.807) is 0 Å². The topological polar surface area (TPSA) is 58.4 Å². The van der Waals surface area contributed by atoms with E-state index >= 15 is 0 Å². The molecule has 0 radical (unpaired) electrons. The number of anilines is 3. The van der Waals surface area contributed by atoms with E-state index in [1.165, 1.54) is 5.56 Å². The van der Waals surface area contributed by atoms with Crippen LogP contribution in [-0.2, 0) is 11.2 Å². The Labute approximate surface area is 114 Å². The first-order valence-electron chi connectivity index (χ1n) is 7.02. The normalized spacial score (nSPS) is 26.2. The molecular formula is C15H21N3O. The van der Waals surface area contributed by atoms with Crippen molar-refractivity contribution in [3.05, 3.63) is 17.7 Å². The maximum absolute atomic E-state index is 11.4. The van der Waals surface area contributed by atoms with Crippen LogP contribution in [-0.4, -0.2) is 19.0 Å². The van der Waals surface area contributed by atoms with E-state index in [2.05, 4.69) is 30.1 Å². The first kappa shape index (κ1) is 12.3. The lowest BCUT2D eigenvalue weighted by Gasteiger charge is -2.25. The zero-order valence-electron chi connectivity index (χ0n) is 11.6. The summed E-state index contributed by atoms with van der Waals surface area (Å²) in [5, 5.41) is 2.90. The molecule has 102 valence electrons. The van der Waals surface area contributed by atoms with Crippen LogP contribution in [0.15, 0.2) is 12.1 Å². The Bertz CT molecular complexity index is 516. The molecule has 0 aromatic heterocycles. The fraction of sp³-hybridized carbons (Fsp3) is 0.533. The number of nitrogens with one attached hydrogen (secondary N) is 1. The van der Waals surface area contributed by atoms with Gasteiger partial charge >= 0.3 is 0 Å². The van der Waals surface area contributed by atoms with Crippen LogP contribution in [0, 0.1) is 11.8 Å². The van der Waals surface area contributed by atoms with Gasteiger partial charge in [0.1, 0.15) is 0 Å². The molecule has 1 fully saturated rings. The van der Waals surface area contributed by atoms with E-state index in [9.17, 15) is 4.79 Å². The summed E-state index contributed by atoms with van der Waals surface area (Å²) in [5.41, 5.74) is 10.2. The summed E-state index contributed by atoms with van der Waals surface area (Å²) in [6, 6.07) is 4.07. The van der Waals surface area contributed by atoms with Gasteiger partial charge in [-0.2, -0.15) is 0 Å². The number of benzene rings is 1. The highest BCUT2D eigenvalue weighted by atomic mass is 16.1. The van der Waals surface area contributed by atoms with Gasteiger partial charge in [0.25, 0.3) is 0 Å². The van der Waals surface area contributed by atoms with Gasteiger partial charge in [-0.25, -0.2) is 0 Å². The summed E-state index contributed by atoms with van der Waals surface area (Å²) in [6.45, 7) is 6.71. The second-order valence-corrected chi connectivity index (χ2v) is 5.98. The summed E-state index contributed by atoms with van der Waals surface area (Å²) in [4.78, 5) is 13.8. The van der Waals surface area contributed by atoms with Crippen molar-refractivity contribution in [2.24, 2.45) is 11.8 Å². The summed E-state index contributed by atoms with van der Waals surface area (Å²) in [7, 11) is 0. The molecule has 1 aromatic carbocycles. The lowest BCUT2D eigenvalue weighted by atomic mass is 10.0. The van der Waals surface area contributed by atoms with Crippen LogP contribution in [0.5, 0.6) is 0 Å². The van der Waals surface area contributed by atoms with Crippen LogP contribution in [0.2, 0.25) is 0 Å². The van der Waals surface area contributed by atoms with Crippen LogP contribution in [0.1, 0.15) is 25.8 Å². The molecule has 4 nitrogen and oxygen atoms in total. The summed E-state index contributed by atoms with van der Waals surface area (Å²) < 4.78 is 0. The highest BCUT2D eigenvalue weighted by Crippen LogP contribution is 2.36. The van der Waals surface area contributed by atoms with Crippen molar-refractivity contribution >= 4 is 23.0 Å². The maximum Gasteiger partial charge on any atom is 0.224 e. The van der Waals surface area contributed by atoms with Crippen molar-refractivity contribution in [2.45, 2.75) is 26.7 Å². The zero-order chi connectivity index (χ0) is 13.6. The van der Waals surface area contributed by atoms with Crippen molar-refractivity contribution in [3.8, 4) is 0 Å². The van der Waals surface area contributed by atoms with Crippen molar-refractivity contribution < 1.29 is 4.79 Å². The number of nitrogens with zero attached hydrogens (tertiary/aromatic N) is 1. The van der Waals surface area contributed by atoms with E-state index in [4.69, 9.17) is 5.73 Å². The predicted molar refractivity (Wildman–Crippen MR) is 78.3 cm³/mol. The number of hydrogen-bond donors (Lipinski definition) is 2. The molecule has 2 aliphatic heterocycles. The lowest BCUT2D eigenvalue weighted by Crippen LogP contribution is -2.23. The Morgan fingerprint density at radius 3 is 2.58 bits per heavy atom. The van der Waals surface area contributed by atoms with Crippen LogP contribution >= 0.6 is 0 Å². The quantitative estimate of drug-likeness (QED) is 0.760. The van der Waals surface area contributed by atoms with Gasteiger partial charge in [0.15, 0.2) is 0 Å². The summed E-state index contributed by atoms with van der Waals surface area (Å²) in [5.74, 6) is 1.49. The molecule has 3 N–H and O–H groups in total. The van der Waals surface area contributed by atoms with Crippen LogP contribution in [0.4, 0.5) is 17.1 Å². The molecule has 0 bridgehead atoms. The summed E-state index contributed by atoms with van der Waals surface area (Å²) >= 11 is 0. The van der Waals surface area contributed by atoms with Crippen molar-refractivity contribution in [1.82, 2.24) is 0 Å². The first-order chi connectivity index (χ1) is 9.04. The van der Waals surface area contributed by atoms with Gasteiger partial charge in [-0.05, 0) is 36.0 Å². The van der Waals surface area contributed by atoms with E-state index in [-0.39, 0.29) is 5.91 Å². The highest BCUT2D eigenvalue weighted by molar-refractivity contribution is 5.95. The molecule has 2 heterocycles. The van der Waals surface area contributed by atoms with Gasteiger partial charge in [-0.3, -0.25) is 4.79 Å². The van der Waals surface area contributed by atoms with Gasteiger partial charge in [-0.1, -0.05) is 13.8 Å². The largest absolute Gasteiger partial charge is 0.397 e. The second kappa shape index (κ2) is 4.44. The van der Waals surface area contributed by atoms with Crippen LogP contribution in [0.25, 0.3) is 0 Å². The van der Waals surface area contributed by atoms with E-state index in [1.807, 2.05) is 6.07 Å². The number of amides is 1. The third-order valence-corrected chi connectivity index (χ3v) is 4.48. The molecule has 2 aliphatic rings. The van der Waals surface area contributed by atoms with Gasteiger partial charge in [0.05, 0.1) is 11.4 Å². The molecule has 0 saturated carbocycles. The number of fused-ring (bicyclic) bond motifs is 1. The highest BCUT2D eigenvalue weighted by Gasteiger charge is 2.28. The average molecular weight is 259 g/mol. The Kier molecular flexibility index (Phi) is 2.88. The zero-order valence-corrected chi connectivity index (χ0v) is 11.6. The predicted octanol–water partition coefficient (Wildman–Crippen LogP) is 2.25. The van der Waals surface area contributed by atoms with Crippen LogP contribution in [0.3, 0.4) is 0 Å². The molecular weight excluding hydrogens is 238 g/mol. The van der Waals surface area contributed by atoms with Gasteiger partial charge in [-0.15, -0.1) is 0 Å². The fourth-order valence-corrected chi connectivity index (χ4v) is 3.03. The van der Waals surface area contributed by atoms with Gasteiger partial charge < -0.3 is 16.0 Å². The molecule has 1 amide bonds. The number of rotatable bonds is 1. The standard InChI is InChI=1S/C15H21N3O/c1-9-7-18(8-10(9)2)14-5-11-3-4-15(19)17-13(11)6-12(14)16/h5-6,9-10H,3-4,7-8,16H2,1-2H3,(H,17,19). The molecule has 2 unspecified atom stereocenters. The molecule has 2 atom stereocenters. The molecule has 3 rings (SSSR count). The monoisotopic (exact) mass is 259 g/mol. The summed E-state index contributed by atoms with van der Waals surface area (Å²) in [6.07, 6.45) is 1.39. The number of hydrogen-bond acceptors (Lipinski definition) is 3. The van der Waals surface area contributed by atoms with Crippen molar-refractivity contribution in [2.75, 3.05) is 29.0 Å². The number of aryl methyl sites for hydroxylation is 1. The van der Waals surface area contributed by atoms with Crippen LogP contribution < -0.4 is 16.0 Å². The molecule has 0 aliphatic carbocycles. The SMILES string of the molecule is CC1CN(c2cc3c(cc2N)NC(=O)CC3)CC1C. The van der Waals surface area contributed by atoms with E-state index in [0.717, 1.165) is 36.6 Å². The first-order valence-corrected chi connectivity index (χ1v) is 7.02. The van der Waals surface area contributed by atoms with Gasteiger partial charge in [0.2, 0.25) is 5.91 Å². The van der Waals surface area contributed by atoms with Gasteiger partial charge in [0, 0.05) is 25.2 Å². The average Bonchev–Trinajstić information content (AvgIpc) is 2.68.